The van der Waals surface area contributed by atoms with Crippen LogP contribution in [-0.2, 0) is 15.5 Å². The fourth-order valence-corrected chi connectivity index (χ4v) is 4.54. The number of aromatic nitrogens is 3. The van der Waals surface area contributed by atoms with Gasteiger partial charge in [-0.25, -0.2) is 13.8 Å². The molecule has 0 saturated heterocycles. The second kappa shape index (κ2) is 21.1. The highest BCUT2D eigenvalue weighted by atomic mass is 35.5. The van der Waals surface area contributed by atoms with Crippen LogP contribution in [0.4, 0.5) is 14.5 Å². The molecule has 0 unspecified atom stereocenters. The van der Waals surface area contributed by atoms with Crippen LogP contribution in [0.25, 0.3) is 5.57 Å². The summed E-state index contributed by atoms with van der Waals surface area (Å²) in [7, 11) is 2.04. The van der Waals surface area contributed by atoms with E-state index in [1.54, 1.807) is 19.1 Å². The summed E-state index contributed by atoms with van der Waals surface area (Å²) in [6.07, 6.45) is 7.52. The highest BCUT2D eigenvalue weighted by Crippen LogP contribution is 2.28. The van der Waals surface area contributed by atoms with E-state index in [2.05, 4.69) is 43.5 Å². The van der Waals surface area contributed by atoms with E-state index in [4.69, 9.17) is 15.3 Å². The molecule has 1 aromatic carbocycles. The van der Waals surface area contributed by atoms with E-state index in [0.29, 0.717) is 42.6 Å². The Morgan fingerprint density at radius 1 is 1.19 bits per heavy atom. The van der Waals surface area contributed by atoms with Gasteiger partial charge in [0.2, 0.25) is 0 Å². The molecule has 0 bridgehead atoms. The Bertz CT molecular complexity index is 1480. The number of carbonyl (C=O) groups is 2. The first-order chi connectivity index (χ1) is 22.8. The molecule has 0 aliphatic carbocycles. The van der Waals surface area contributed by atoms with E-state index in [1.165, 1.54) is 23.2 Å². The van der Waals surface area contributed by atoms with Crippen molar-refractivity contribution in [1.82, 2.24) is 19.7 Å². The summed E-state index contributed by atoms with van der Waals surface area (Å²) >= 11 is 4.64. The predicted octanol–water partition coefficient (Wildman–Crippen LogP) is 6.79. The lowest BCUT2D eigenvalue weighted by Crippen LogP contribution is -2.33. The molecular weight excluding hydrogens is 640 g/mol. The third kappa shape index (κ3) is 12.9. The zero-order chi connectivity index (χ0) is 36.4. The van der Waals surface area contributed by atoms with Crippen LogP contribution < -0.4 is 11.1 Å². The molecule has 3 heterocycles. The summed E-state index contributed by atoms with van der Waals surface area (Å²) in [5.74, 6) is -1.91. The molecule has 0 atom stereocenters. The molecule has 2 aliphatic heterocycles. The standard InChI is InChI=1S/C21H30N6O2.C12H15F2N.CH3Cl.CH2O/c1-5-14(2)19(18(22)12-17-13-26(4)9-8-23-17)21(28)27-15(3)24-20(25-27)16-6-10-29-11-7-16;1-4-9(2)15-11-7-5-10(6-8-11)12(3,13)14;2*1-2/h6,12H,5,7-11,13,22H2,1-4H3;5-8,15H,2,4H2,1,3H3;1H3;1H2/b18-12-,19-14+;;;. The zero-order valence-corrected chi connectivity index (χ0v) is 30.0. The molecule has 13 heteroatoms. The number of carbonyl (C=O) groups excluding carboxylic acids is 2. The van der Waals surface area contributed by atoms with Crippen LogP contribution >= 0.6 is 11.6 Å². The lowest BCUT2D eigenvalue weighted by atomic mass is 10.0. The van der Waals surface area contributed by atoms with Crippen LogP contribution in [-0.4, -0.2) is 84.4 Å². The average Bonchev–Trinajstić information content (AvgIpc) is 3.48. The molecule has 0 fully saturated rings. The molecule has 0 amide bonds. The number of aryl methyl sites for hydroxylation is 1. The van der Waals surface area contributed by atoms with E-state index < -0.39 is 5.92 Å². The quantitative estimate of drug-likeness (QED) is 0.167. The molecule has 0 radical (unpaired) electrons. The fourth-order valence-electron chi connectivity index (χ4n) is 4.54. The summed E-state index contributed by atoms with van der Waals surface area (Å²) in [4.78, 5) is 32.6. The van der Waals surface area contributed by atoms with Crippen molar-refractivity contribution in [3.63, 3.8) is 0 Å². The number of nitrogens with two attached hydrogens (primary N) is 1. The molecular formula is C35H50ClF2N7O3. The Kier molecular flexibility index (Phi) is 18.4. The zero-order valence-electron chi connectivity index (χ0n) is 29.2. The molecule has 3 N–H and O–H groups in total. The number of nitrogens with one attached hydrogen (secondary N) is 1. The van der Waals surface area contributed by atoms with Gasteiger partial charge in [0.25, 0.3) is 11.8 Å². The van der Waals surface area contributed by atoms with Crippen molar-refractivity contribution in [3.05, 3.63) is 82.7 Å². The van der Waals surface area contributed by atoms with Crippen LogP contribution in [0.2, 0.25) is 0 Å². The molecule has 48 heavy (non-hydrogen) atoms. The summed E-state index contributed by atoms with van der Waals surface area (Å²) in [5.41, 5.74) is 11.8. The summed E-state index contributed by atoms with van der Waals surface area (Å²) < 4.78 is 32.5. The van der Waals surface area contributed by atoms with Gasteiger partial charge in [-0.05, 0) is 63.9 Å². The maximum atomic E-state index is 13.4. The largest absolute Gasteiger partial charge is 0.398 e. The Balaban J connectivity index is 0.000000511. The predicted molar refractivity (Wildman–Crippen MR) is 192 cm³/mol. The van der Waals surface area contributed by atoms with Gasteiger partial charge < -0.3 is 20.6 Å². The lowest BCUT2D eigenvalue weighted by Gasteiger charge is -2.21. The second-order valence-corrected chi connectivity index (χ2v) is 11.0. The van der Waals surface area contributed by atoms with Gasteiger partial charge in [0.05, 0.1) is 31.0 Å². The fraction of sp³-hybridized carbons (Fsp3) is 0.457. The smallest absolute Gasteiger partial charge is 0.281 e. The van der Waals surface area contributed by atoms with E-state index in [-0.39, 0.29) is 11.5 Å². The topological polar surface area (TPSA) is 128 Å². The van der Waals surface area contributed by atoms with Crippen molar-refractivity contribution in [3.8, 4) is 0 Å². The summed E-state index contributed by atoms with van der Waals surface area (Å²) in [5, 5.41) is 7.52. The van der Waals surface area contributed by atoms with Gasteiger partial charge in [0.1, 0.15) is 12.6 Å². The number of allylic oxidation sites excluding steroid dienone is 3. The van der Waals surface area contributed by atoms with Gasteiger partial charge in [-0.2, -0.15) is 4.68 Å². The normalized spacial score (nSPS) is 15.5. The van der Waals surface area contributed by atoms with Gasteiger partial charge in [-0.3, -0.25) is 14.7 Å². The molecule has 2 aromatic rings. The number of hydrogen-bond donors (Lipinski definition) is 2. The number of hydrogen-bond acceptors (Lipinski definition) is 9. The molecule has 10 nitrogen and oxygen atoms in total. The van der Waals surface area contributed by atoms with Crippen LogP contribution in [0.15, 0.2) is 70.5 Å². The minimum Gasteiger partial charge on any atom is -0.398 e. The molecule has 0 spiro atoms. The van der Waals surface area contributed by atoms with Crippen molar-refractivity contribution >= 4 is 41.3 Å². The summed E-state index contributed by atoms with van der Waals surface area (Å²) in [6.45, 7) is 17.9. The number of ether oxygens (including phenoxy) is 1. The van der Waals surface area contributed by atoms with Crippen molar-refractivity contribution in [2.45, 2.75) is 59.8 Å². The van der Waals surface area contributed by atoms with Gasteiger partial charge in [-0.1, -0.05) is 44.2 Å². The Labute approximate surface area is 288 Å². The molecule has 1 aromatic heterocycles. The number of rotatable bonds is 9. The third-order valence-corrected chi connectivity index (χ3v) is 7.36. The Morgan fingerprint density at radius 2 is 1.83 bits per heavy atom. The molecule has 264 valence electrons. The van der Waals surface area contributed by atoms with Crippen LogP contribution in [0.1, 0.15) is 69.0 Å². The Hall–Kier alpha value is -4.00. The SMILES string of the molecule is C=C(CC)Nc1ccc(C(C)(F)F)cc1.C=O.CC/C(C)=C(C(=O)n1nc(C2=CCOCC2)nc1C)\C(N)=C\C1=NCCN(C)C1.CCl. The average molecular weight is 690 g/mol. The van der Waals surface area contributed by atoms with Crippen molar-refractivity contribution in [2.75, 3.05) is 51.6 Å². The number of nitrogens with zero attached hydrogens (tertiary/aromatic N) is 5. The van der Waals surface area contributed by atoms with Crippen molar-refractivity contribution in [2.24, 2.45) is 10.7 Å². The van der Waals surface area contributed by atoms with Crippen LogP contribution in [0.3, 0.4) is 0 Å². The van der Waals surface area contributed by atoms with Gasteiger partial charge in [-0.15, -0.1) is 16.7 Å². The van der Waals surface area contributed by atoms with Crippen molar-refractivity contribution < 1.29 is 23.1 Å². The number of alkyl halides is 3. The monoisotopic (exact) mass is 689 g/mol. The maximum absolute atomic E-state index is 13.4. The minimum atomic E-state index is -2.78. The van der Waals surface area contributed by atoms with E-state index in [0.717, 1.165) is 67.6 Å². The van der Waals surface area contributed by atoms with E-state index in [9.17, 15) is 13.6 Å². The third-order valence-electron chi connectivity index (χ3n) is 7.36. The highest BCUT2D eigenvalue weighted by Gasteiger charge is 2.24. The highest BCUT2D eigenvalue weighted by molar-refractivity contribution is 6.15. The van der Waals surface area contributed by atoms with Crippen LogP contribution in [0, 0.1) is 6.92 Å². The van der Waals surface area contributed by atoms with E-state index >= 15 is 0 Å². The number of halogens is 3. The van der Waals surface area contributed by atoms with Gasteiger partial charge in [0.15, 0.2) is 5.82 Å². The first-order valence-corrected chi connectivity index (χ1v) is 16.3. The number of likely N-dealkylation sites (N-methyl/N-ethyl adjacent to an activating group) is 1. The van der Waals surface area contributed by atoms with E-state index in [1.807, 2.05) is 46.8 Å². The molecule has 2 aliphatic rings. The van der Waals surface area contributed by atoms with Gasteiger partial charge in [0, 0.05) is 49.0 Å². The first kappa shape index (κ1) is 42.0. The number of aliphatic imine (C=N–C) groups is 1. The number of anilines is 1. The maximum Gasteiger partial charge on any atom is 0.281 e. The van der Waals surface area contributed by atoms with Crippen molar-refractivity contribution in [1.29, 1.82) is 0 Å². The number of benzene rings is 1. The minimum absolute atomic E-state index is 0.0233. The molecule has 0 saturated carbocycles. The van der Waals surface area contributed by atoms with Crippen LogP contribution in [0.5, 0.6) is 0 Å². The first-order valence-electron chi connectivity index (χ1n) is 15.6. The summed E-state index contributed by atoms with van der Waals surface area (Å²) in [6, 6.07) is 6.11. The van der Waals surface area contributed by atoms with Gasteiger partial charge >= 0.3 is 0 Å². The lowest BCUT2D eigenvalue weighted by molar-refractivity contribution is -0.0980. The Morgan fingerprint density at radius 3 is 2.35 bits per heavy atom. The molecule has 4 rings (SSSR count). The second-order valence-electron chi connectivity index (χ2n) is 11.0.